The Morgan fingerprint density at radius 2 is 2.11 bits per heavy atom. The molecule has 1 aromatic rings. The quantitative estimate of drug-likeness (QED) is 0.829. The van der Waals surface area contributed by atoms with Crippen LogP contribution in [0, 0.1) is 18.8 Å². The van der Waals surface area contributed by atoms with E-state index in [0.29, 0.717) is 5.92 Å². The Morgan fingerprint density at radius 1 is 1.33 bits per heavy atom. The summed E-state index contributed by atoms with van der Waals surface area (Å²) in [6.07, 6.45) is 6.55. The molecule has 0 spiro atoms. The predicted octanol–water partition coefficient (Wildman–Crippen LogP) is 4.86. The van der Waals surface area contributed by atoms with Crippen LogP contribution in [-0.4, -0.2) is 0 Å². The monoisotopic (exact) mass is 265 g/mol. The zero-order valence-electron chi connectivity index (χ0n) is 11.5. The fourth-order valence-corrected chi connectivity index (χ4v) is 3.56. The molecule has 1 fully saturated rings. The molecule has 1 saturated carbocycles. The summed E-state index contributed by atoms with van der Waals surface area (Å²) < 4.78 is 0. The third-order valence-electron chi connectivity index (χ3n) is 4.36. The molecule has 3 atom stereocenters. The van der Waals surface area contributed by atoms with Crippen LogP contribution in [0.15, 0.2) is 18.2 Å². The smallest absolute Gasteiger partial charge is 0.0411 e. The summed E-state index contributed by atoms with van der Waals surface area (Å²) in [5.41, 5.74) is 8.88. The molecule has 0 aromatic heterocycles. The molecule has 2 heteroatoms. The molecular weight excluding hydrogens is 242 g/mol. The average Bonchev–Trinajstić information content (AvgIpc) is 2.37. The molecule has 1 aliphatic carbocycles. The van der Waals surface area contributed by atoms with E-state index in [9.17, 15) is 0 Å². The van der Waals surface area contributed by atoms with Crippen molar-refractivity contribution in [1.29, 1.82) is 0 Å². The van der Waals surface area contributed by atoms with Gasteiger partial charge in [-0.25, -0.2) is 0 Å². The van der Waals surface area contributed by atoms with Crippen LogP contribution in [0.1, 0.15) is 56.2 Å². The van der Waals surface area contributed by atoms with Gasteiger partial charge in [-0.15, -0.1) is 0 Å². The Hall–Kier alpha value is -0.530. The highest BCUT2D eigenvalue weighted by Gasteiger charge is 2.26. The summed E-state index contributed by atoms with van der Waals surface area (Å²) in [4.78, 5) is 0. The molecular formula is C16H24ClN. The van der Waals surface area contributed by atoms with Gasteiger partial charge in [0, 0.05) is 11.1 Å². The Kier molecular flexibility index (Phi) is 4.69. The van der Waals surface area contributed by atoms with Crippen LogP contribution >= 0.6 is 11.6 Å². The second-order valence-electron chi connectivity index (χ2n) is 5.79. The van der Waals surface area contributed by atoms with Gasteiger partial charge >= 0.3 is 0 Å². The number of benzene rings is 1. The zero-order valence-corrected chi connectivity index (χ0v) is 12.2. The lowest BCUT2D eigenvalue weighted by Crippen LogP contribution is -2.26. The SMILES string of the molecule is CCC1CCCC(C(N)c2cc(C)cc(Cl)c2)C1. The Labute approximate surface area is 116 Å². The van der Waals surface area contributed by atoms with Gasteiger partial charge in [-0.3, -0.25) is 0 Å². The van der Waals surface area contributed by atoms with Crippen molar-refractivity contribution in [1.82, 2.24) is 0 Å². The molecule has 0 aliphatic heterocycles. The molecule has 3 unspecified atom stereocenters. The first-order valence-electron chi connectivity index (χ1n) is 7.12. The normalized spacial score (nSPS) is 26.0. The van der Waals surface area contributed by atoms with Gasteiger partial charge < -0.3 is 5.73 Å². The predicted molar refractivity (Wildman–Crippen MR) is 78.9 cm³/mol. The van der Waals surface area contributed by atoms with Gasteiger partial charge in [0.1, 0.15) is 0 Å². The molecule has 100 valence electrons. The third-order valence-corrected chi connectivity index (χ3v) is 4.58. The lowest BCUT2D eigenvalue weighted by Gasteiger charge is -2.32. The van der Waals surface area contributed by atoms with Crippen molar-refractivity contribution in [3.63, 3.8) is 0 Å². The lowest BCUT2D eigenvalue weighted by molar-refractivity contribution is 0.230. The molecule has 2 rings (SSSR count). The first kappa shape index (κ1) is 13.9. The van der Waals surface area contributed by atoms with E-state index in [1.165, 1.54) is 43.2 Å². The Bertz CT molecular complexity index is 382. The van der Waals surface area contributed by atoms with Crippen molar-refractivity contribution in [2.24, 2.45) is 17.6 Å². The van der Waals surface area contributed by atoms with Crippen LogP contribution in [0.2, 0.25) is 5.02 Å². The van der Waals surface area contributed by atoms with E-state index in [0.717, 1.165) is 10.9 Å². The summed E-state index contributed by atoms with van der Waals surface area (Å²) in [5.74, 6) is 1.50. The summed E-state index contributed by atoms with van der Waals surface area (Å²) in [5, 5.41) is 0.809. The maximum Gasteiger partial charge on any atom is 0.0411 e. The fraction of sp³-hybridized carbons (Fsp3) is 0.625. The van der Waals surface area contributed by atoms with Crippen LogP contribution in [-0.2, 0) is 0 Å². The summed E-state index contributed by atoms with van der Waals surface area (Å²) in [6.45, 7) is 4.37. The molecule has 0 saturated heterocycles. The maximum atomic E-state index is 6.47. The minimum atomic E-state index is 0.150. The van der Waals surface area contributed by atoms with Crippen molar-refractivity contribution in [3.8, 4) is 0 Å². The van der Waals surface area contributed by atoms with Crippen molar-refractivity contribution in [2.45, 2.75) is 52.0 Å². The number of aryl methyl sites for hydroxylation is 1. The molecule has 2 N–H and O–H groups in total. The molecule has 0 amide bonds. The van der Waals surface area contributed by atoms with Crippen molar-refractivity contribution in [3.05, 3.63) is 34.3 Å². The number of rotatable bonds is 3. The number of nitrogens with two attached hydrogens (primary N) is 1. The highest BCUT2D eigenvalue weighted by atomic mass is 35.5. The van der Waals surface area contributed by atoms with E-state index < -0.39 is 0 Å². The van der Waals surface area contributed by atoms with Gasteiger partial charge in [-0.1, -0.05) is 43.9 Å². The number of halogens is 1. The first-order chi connectivity index (χ1) is 8.60. The highest BCUT2D eigenvalue weighted by Crippen LogP contribution is 2.37. The number of hydrogen-bond acceptors (Lipinski definition) is 1. The maximum absolute atomic E-state index is 6.47. The lowest BCUT2D eigenvalue weighted by atomic mass is 9.75. The number of hydrogen-bond donors (Lipinski definition) is 1. The molecule has 1 aliphatic rings. The van der Waals surface area contributed by atoms with Gasteiger partial charge in [0.05, 0.1) is 0 Å². The van der Waals surface area contributed by atoms with Crippen LogP contribution in [0.4, 0.5) is 0 Å². The second-order valence-corrected chi connectivity index (χ2v) is 6.23. The fourth-order valence-electron chi connectivity index (χ4n) is 3.26. The standard InChI is InChI=1S/C16H24ClN/c1-3-12-5-4-6-13(9-12)16(18)14-7-11(2)8-15(17)10-14/h7-8,10,12-13,16H,3-6,9,18H2,1-2H3. The van der Waals surface area contributed by atoms with E-state index >= 15 is 0 Å². The van der Waals surface area contributed by atoms with Gasteiger partial charge in [0.15, 0.2) is 0 Å². The van der Waals surface area contributed by atoms with Crippen molar-refractivity contribution < 1.29 is 0 Å². The van der Waals surface area contributed by atoms with E-state index in [4.69, 9.17) is 17.3 Å². The minimum absolute atomic E-state index is 0.150. The molecule has 18 heavy (non-hydrogen) atoms. The van der Waals surface area contributed by atoms with Crippen LogP contribution in [0.3, 0.4) is 0 Å². The Morgan fingerprint density at radius 3 is 2.78 bits per heavy atom. The Balaban J connectivity index is 2.12. The van der Waals surface area contributed by atoms with E-state index in [1.54, 1.807) is 0 Å². The highest BCUT2D eigenvalue weighted by molar-refractivity contribution is 6.30. The minimum Gasteiger partial charge on any atom is -0.324 e. The third kappa shape index (κ3) is 3.27. The van der Waals surface area contributed by atoms with Gasteiger partial charge in [0.25, 0.3) is 0 Å². The molecule has 0 heterocycles. The summed E-state index contributed by atoms with van der Waals surface area (Å²) >= 11 is 6.13. The van der Waals surface area contributed by atoms with Crippen molar-refractivity contribution >= 4 is 11.6 Å². The van der Waals surface area contributed by atoms with Crippen LogP contribution < -0.4 is 5.73 Å². The summed E-state index contributed by atoms with van der Waals surface area (Å²) in [7, 11) is 0. The van der Waals surface area contributed by atoms with E-state index in [1.807, 2.05) is 12.1 Å². The summed E-state index contributed by atoms with van der Waals surface area (Å²) in [6, 6.07) is 6.37. The van der Waals surface area contributed by atoms with Crippen molar-refractivity contribution in [2.75, 3.05) is 0 Å². The van der Waals surface area contributed by atoms with Crippen LogP contribution in [0.5, 0.6) is 0 Å². The molecule has 0 bridgehead atoms. The second kappa shape index (κ2) is 6.08. The zero-order chi connectivity index (χ0) is 13.1. The van der Waals surface area contributed by atoms with Crippen LogP contribution in [0.25, 0.3) is 0 Å². The molecule has 1 aromatic carbocycles. The average molecular weight is 266 g/mol. The molecule has 0 radical (unpaired) electrons. The largest absolute Gasteiger partial charge is 0.324 e. The van der Waals surface area contributed by atoms with Gasteiger partial charge in [-0.2, -0.15) is 0 Å². The first-order valence-corrected chi connectivity index (χ1v) is 7.50. The van der Waals surface area contributed by atoms with Gasteiger partial charge in [0.2, 0.25) is 0 Å². The topological polar surface area (TPSA) is 26.0 Å². The molecule has 1 nitrogen and oxygen atoms in total. The van der Waals surface area contributed by atoms with Gasteiger partial charge in [-0.05, 0) is 54.9 Å². The van der Waals surface area contributed by atoms with E-state index in [2.05, 4.69) is 19.9 Å². The van der Waals surface area contributed by atoms with E-state index in [-0.39, 0.29) is 6.04 Å².